The van der Waals surface area contributed by atoms with Crippen molar-refractivity contribution in [3.63, 3.8) is 0 Å². The second-order valence-corrected chi connectivity index (χ2v) is 20.9. The van der Waals surface area contributed by atoms with Crippen LogP contribution in [-0.2, 0) is 29.8 Å². The molecule has 0 fully saturated rings. The third kappa shape index (κ3) is 11.3. The van der Waals surface area contributed by atoms with Crippen molar-refractivity contribution in [1.29, 1.82) is 0 Å². The van der Waals surface area contributed by atoms with Crippen molar-refractivity contribution < 1.29 is 76.3 Å². The van der Waals surface area contributed by atoms with Crippen LogP contribution < -0.4 is 30.4 Å². The molecule has 0 bridgehead atoms. The highest BCUT2D eigenvalue weighted by molar-refractivity contribution is 6.18. The van der Waals surface area contributed by atoms with Crippen molar-refractivity contribution in [3.8, 4) is 46.0 Å². The van der Waals surface area contributed by atoms with Gasteiger partial charge < -0.3 is 49.4 Å². The van der Waals surface area contributed by atoms with E-state index in [0.717, 1.165) is 22.3 Å². The Morgan fingerprint density at radius 2 is 0.558 bits per heavy atom. The number of hydrogen-bond donors (Lipinski definition) is 2. The zero-order valence-corrected chi connectivity index (χ0v) is 46.2. The van der Waals surface area contributed by atoms with E-state index < -0.39 is 47.8 Å². The lowest BCUT2D eigenvalue weighted by atomic mass is 9.78. The van der Waals surface area contributed by atoms with E-state index in [1.807, 2.05) is 78.9 Å². The molecule has 86 heavy (non-hydrogen) atoms. The molecule has 0 unspecified atom stereocenters. The second-order valence-electron chi connectivity index (χ2n) is 20.9. The number of benzene rings is 9. The first-order valence-corrected chi connectivity index (χ1v) is 26.5. The predicted molar refractivity (Wildman–Crippen MR) is 310 cm³/mol. The second kappa shape index (κ2) is 22.6. The molecule has 0 saturated heterocycles. The van der Waals surface area contributed by atoms with Gasteiger partial charge in [0.1, 0.15) is 57.1 Å². The first-order chi connectivity index (χ1) is 41.2. The third-order valence-electron chi connectivity index (χ3n) is 14.6. The number of carbonyl (C=O) groups is 8. The summed E-state index contributed by atoms with van der Waals surface area (Å²) in [4.78, 5) is 94.7. The SMILES string of the molecule is CC(C)(c1ccc(Oc2ccc3c(c2)C(=O)OC3=O)cc1)c1ccc(Oc2ccc3c(c2)C(=O)OC3=O)cc1.CC(C)(c1ccc(Oc2cccc3c2C(=O)OC3=O)cc1)c1ccc(Oc2cccc3c2C(=O)OC3=O)cc1.Nc1cccc(N)c1. The topological polar surface area (TPSA) is 262 Å². The van der Waals surface area contributed by atoms with Crippen LogP contribution in [0.25, 0.3) is 0 Å². The molecule has 4 aliphatic heterocycles. The molecule has 4 heterocycles. The first-order valence-electron chi connectivity index (χ1n) is 26.5. The fraction of sp³-hybridized carbons (Fsp3) is 0.0882. The van der Waals surface area contributed by atoms with Crippen LogP contribution in [0.5, 0.6) is 46.0 Å². The number of rotatable bonds is 12. The number of ether oxygens (including phenoxy) is 8. The van der Waals surface area contributed by atoms with Gasteiger partial charge >= 0.3 is 47.8 Å². The Kier molecular flexibility index (Phi) is 14.8. The standard InChI is InChI=1S/2C31H20O8.C6H8N2/c1-31(2,17-3-7-19(8-4-17)36-21-11-13-23-25(15-21)29(34)38-27(23)32)18-5-9-20(10-6-18)37-22-12-14-24-26(16-22)30(35)39-28(24)33;1-31(2,17-9-13-19(14-10-17)36-23-7-3-5-21-25(23)29(34)38-27(21)32)18-11-15-20(16-12-18)37-24-8-4-6-22-26(24)30(35)39-28(22)33;7-5-2-1-3-6(8)4-5/h2*3-16H,1-2H3;1-4H,7-8H2. The average molecular weight is 1150 g/mol. The molecule has 0 atom stereocenters. The summed E-state index contributed by atoms with van der Waals surface area (Å²) < 4.78 is 42.2. The van der Waals surface area contributed by atoms with Crippen molar-refractivity contribution >= 4 is 59.1 Å². The summed E-state index contributed by atoms with van der Waals surface area (Å²) in [5, 5.41) is 0. The van der Waals surface area contributed by atoms with Crippen molar-refractivity contribution in [2.75, 3.05) is 11.5 Å². The normalized spacial score (nSPS) is 13.5. The first kappa shape index (κ1) is 56.2. The average Bonchev–Trinajstić information content (AvgIpc) is 2.97. The number of carbonyl (C=O) groups excluding carboxylic acids is 8. The van der Waals surface area contributed by atoms with Crippen molar-refractivity contribution in [1.82, 2.24) is 0 Å². The summed E-state index contributed by atoms with van der Waals surface area (Å²) in [5.41, 5.74) is 17.0. The molecular formula is C68H48N2O16. The summed E-state index contributed by atoms with van der Waals surface area (Å²) in [6.07, 6.45) is 0. The fourth-order valence-corrected chi connectivity index (χ4v) is 9.81. The molecule has 0 spiro atoms. The minimum Gasteiger partial charge on any atom is -0.457 e. The van der Waals surface area contributed by atoms with Gasteiger partial charge in [-0.15, -0.1) is 0 Å². The van der Waals surface area contributed by atoms with Gasteiger partial charge in [0.15, 0.2) is 0 Å². The van der Waals surface area contributed by atoms with E-state index in [0.29, 0.717) is 45.9 Å². The quantitative estimate of drug-likeness (QED) is 0.0498. The van der Waals surface area contributed by atoms with Crippen LogP contribution in [0.4, 0.5) is 11.4 Å². The summed E-state index contributed by atoms with van der Waals surface area (Å²) in [5.74, 6) is -1.93. The highest BCUT2D eigenvalue weighted by Gasteiger charge is 2.36. The van der Waals surface area contributed by atoms with Gasteiger partial charge in [-0.05, 0) is 150 Å². The maximum absolute atomic E-state index is 12.1. The highest BCUT2D eigenvalue weighted by Crippen LogP contribution is 2.40. The summed E-state index contributed by atoms with van der Waals surface area (Å²) in [6.45, 7) is 8.36. The predicted octanol–water partition coefficient (Wildman–Crippen LogP) is 13.3. The van der Waals surface area contributed by atoms with Crippen molar-refractivity contribution in [2.24, 2.45) is 0 Å². The van der Waals surface area contributed by atoms with Crippen LogP contribution in [0, 0.1) is 0 Å². The monoisotopic (exact) mass is 1150 g/mol. The van der Waals surface area contributed by atoms with E-state index in [1.54, 1.807) is 78.9 Å². The molecule has 18 nitrogen and oxygen atoms in total. The van der Waals surface area contributed by atoms with Crippen LogP contribution in [0.3, 0.4) is 0 Å². The molecular weight excluding hydrogens is 1100 g/mol. The lowest BCUT2D eigenvalue weighted by Gasteiger charge is -2.26. The van der Waals surface area contributed by atoms with Crippen LogP contribution >= 0.6 is 0 Å². The minimum absolute atomic E-state index is 0.123. The summed E-state index contributed by atoms with van der Waals surface area (Å²) >= 11 is 0. The van der Waals surface area contributed by atoms with Gasteiger partial charge in [0, 0.05) is 22.2 Å². The van der Waals surface area contributed by atoms with Gasteiger partial charge in [-0.2, -0.15) is 0 Å². The molecule has 0 amide bonds. The number of hydrogen-bond acceptors (Lipinski definition) is 18. The van der Waals surface area contributed by atoms with Crippen molar-refractivity contribution in [2.45, 2.75) is 38.5 Å². The Morgan fingerprint density at radius 1 is 0.279 bits per heavy atom. The smallest absolute Gasteiger partial charge is 0.350 e. The maximum Gasteiger partial charge on any atom is 0.350 e. The van der Waals surface area contributed by atoms with E-state index in [2.05, 4.69) is 37.2 Å². The molecule has 18 heteroatoms. The third-order valence-corrected chi connectivity index (χ3v) is 14.6. The van der Waals surface area contributed by atoms with Crippen molar-refractivity contribution in [3.05, 3.63) is 261 Å². The molecule has 13 rings (SSSR count). The van der Waals surface area contributed by atoms with Crippen LogP contribution in [-0.4, -0.2) is 47.8 Å². The van der Waals surface area contributed by atoms with Gasteiger partial charge in [0.2, 0.25) is 0 Å². The molecule has 4 N–H and O–H groups in total. The fourth-order valence-electron chi connectivity index (χ4n) is 9.81. The van der Waals surface area contributed by atoms with Gasteiger partial charge in [-0.1, -0.05) is 94.4 Å². The number of anilines is 2. The molecule has 0 saturated carbocycles. The Bertz CT molecular complexity index is 4020. The molecule has 9 aromatic carbocycles. The largest absolute Gasteiger partial charge is 0.457 e. The molecule has 426 valence electrons. The zero-order chi connectivity index (χ0) is 60.6. The zero-order valence-electron chi connectivity index (χ0n) is 46.2. The minimum atomic E-state index is -0.721. The van der Waals surface area contributed by atoms with E-state index in [1.165, 1.54) is 36.4 Å². The summed E-state index contributed by atoms with van der Waals surface area (Å²) in [6, 6.07) is 56.1. The van der Waals surface area contributed by atoms with Crippen LogP contribution in [0.2, 0.25) is 0 Å². The number of nitrogen functional groups attached to an aromatic ring is 2. The Morgan fingerprint density at radius 3 is 0.884 bits per heavy atom. The van der Waals surface area contributed by atoms with E-state index in [9.17, 15) is 38.4 Å². The van der Waals surface area contributed by atoms with Gasteiger partial charge in [0.25, 0.3) is 0 Å². The Hall–Kier alpha value is -11.7. The van der Waals surface area contributed by atoms with E-state index >= 15 is 0 Å². The Labute approximate surface area is 490 Å². The Balaban J connectivity index is 0.000000158. The molecule has 0 radical (unpaired) electrons. The van der Waals surface area contributed by atoms with Gasteiger partial charge in [-0.3, -0.25) is 0 Å². The van der Waals surface area contributed by atoms with Crippen LogP contribution in [0.1, 0.15) is 133 Å². The molecule has 0 aromatic heterocycles. The van der Waals surface area contributed by atoms with E-state index in [-0.39, 0.29) is 66.8 Å². The molecule has 4 aliphatic rings. The summed E-state index contributed by atoms with van der Waals surface area (Å²) in [7, 11) is 0. The number of esters is 8. The molecule has 0 aliphatic carbocycles. The number of fused-ring (bicyclic) bond motifs is 4. The lowest BCUT2D eigenvalue weighted by Crippen LogP contribution is -2.18. The number of nitrogens with two attached hydrogens (primary N) is 2. The van der Waals surface area contributed by atoms with Crippen LogP contribution in [0.15, 0.2) is 194 Å². The number of cyclic esters (lactones) is 8. The molecule has 9 aromatic rings. The lowest BCUT2D eigenvalue weighted by molar-refractivity contribution is 0.0424. The van der Waals surface area contributed by atoms with Gasteiger partial charge in [-0.25, -0.2) is 38.4 Å². The van der Waals surface area contributed by atoms with Gasteiger partial charge in [0.05, 0.1) is 33.4 Å². The van der Waals surface area contributed by atoms with E-state index in [4.69, 9.17) is 39.9 Å². The highest BCUT2D eigenvalue weighted by atomic mass is 16.6. The maximum atomic E-state index is 12.1.